The molecule has 3 saturated heterocycles. The number of nitrogens with two attached hydrogens (primary N) is 1. The summed E-state index contributed by atoms with van der Waals surface area (Å²) in [5.74, 6) is 2.94. The van der Waals surface area contributed by atoms with Gasteiger partial charge in [-0.25, -0.2) is 0 Å². The number of amides is 1. The molecule has 118 valence electrons. The maximum atomic E-state index is 12.9. The first-order chi connectivity index (χ1) is 9.72. The highest BCUT2D eigenvalue weighted by molar-refractivity contribution is 5.85. The van der Waals surface area contributed by atoms with Gasteiger partial charge in [0.05, 0.1) is 18.1 Å². The lowest BCUT2D eigenvalue weighted by molar-refractivity contribution is -0.137. The molecule has 5 heteroatoms. The smallest absolute Gasteiger partial charge is 0.227 e. The van der Waals surface area contributed by atoms with Crippen molar-refractivity contribution in [3.8, 4) is 0 Å². The fourth-order valence-corrected chi connectivity index (χ4v) is 6.05. The third-order valence-electron chi connectivity index (χ3n) is 7.03. The molecule has 2 saturated carbocycles. The molecule has 2 N–H and O–H groups in total. The summed E-state index contributed by atoms with van der Waals surface area (Å²) in [5.41, 5.74) is 6.34. The van der Waals surface area contributed by atoms with Crippen LogP contribution in [0.5, 0.6) is 0 Å². The molecule has 8 atom stereocenters. The summed E-state index contributed by atoms with van der Waals surface area (Å²) in [5, 5.41) is 0. The molecule has 5 aliphatic rings. The van der Waals surface area contributed by atoms with Crippen LogP contribution in [0.4, 0.5) is 0 Å². The van der Waals surface area contributed by atoms with Crippen LogP contribution < -0.4 is 5.73 Å². The molecule has 8 unspecified atom stereocenters. The van der Waals surface area contributed by atoms with Gasteiger partial charge < -0.3 is 15.4 Å². The van der Waals surface area contributed by atoms with Gasteiger partial charge in [0.1, 0.15) is 0 Å². The highest BCUT2D eigenvalue weighted by atomic mass is 35.5. The Morgan fingerprint density at radius 3 is 2.19 bits per heavy atom. The SMILES string of the molecule is Cl.NC1C2CCC(C2)C1C(=O)N1CC2C3CCC(O3)C2C1. The van der Waals surface area contributed by atoms with Crippen molar-refractivity contribution in [3.05, 3.63) is 0 Å². The van der Waals surface area contributed by atoms with Crippen molar-refractivity contribution in [2.45, 2.75) is 50.4 Å². The van der Waals surface area contributed by atoms with Crippen LogP contribution in [0, 0.1) is 29.6 Å². The number of ether oxygens (including phenoxy) is 1. The van der Waals surface area contributed by atoms with E-state index in [0.29, 0.717) is 41.8 Å². The zero-order valence-corrected chi connectivity index (χ0v) is 13.1. The van der Waals surface area contributed by atoms with Crippen LogP contribution in [-0.4, -0.2) is 42.1 Å². The Morgan fingerprint density at radius 2 is 1.62 bits per heavy atom. The lowest BCUT2D eigenvalue weighted by Crippen LogP contribution is -2.47. The molecule has 2 aliphatic carbocycles. The summed E-state index contributed by atoms with van der Waals surface area (Å²) in [6.07, 6.45) is 6.98. The number of likely N-dealkylation sites (tertiary alicyclic amines) is 1. The third-order valence-corrected chi connectivity index (χ3v) is 7.03. The molecule has 5 fully saturated rings. The van der Waals surface area contributed by atoms with Gasteiger partial charge in [-0.05, 0) is 43.9 Å². The number of fused-ring (bicyclic) bond motifs is 7. The minimum atomic E-state index is 0. The molecule has 0 aromatic heterocycles. The van der Waals surface area contributed by atoms with E-state index < -0.39 is 0 Å². The third kappa shape index (κ3) is 1.85. The zero-order chi connectivity index (χ0) is 13.4. The van der Waals surface area contributed by atoms with Crippen molar-refractivity contribution in [2.24, 2.45) is 35.3 Å². The molecule has 0 spiro atoms. The topological polar surface area (TPSA) is 55.6 Å². The summed E-state index contributed by atoms with van der Waals surface area (Å²) in [7, 11) is 0. The predicted molar refractivity (Wildman–Crippen MR) is 81.0 cm³/mol. The van der Waals surface area contributed by atoms with Gasteiger partial charge >= 0.3 is 0 Å². The van der Waals surface area contributed by atoms with E-state index in [0.717, 1.165) is 13.1 Å². The minimum Gasteiger partial charge on any atom is -0.374 e. The van der Waals surface area contributed by atoms with Crippen molar-refractivity contribution in [3.63, 3.8) is 0 Å². The van der Waals surface area contributed by atoms with E-state index in [9.17, 15) is 4.79 Å². The maximum absolute atomic E-state index is 12.9. The van der Waals surface area contributed by atoms with Crippen molar-refractivity contribution in [2.75, 3.05) is 13.1 Å². The standard InChI is InChI=1S/C16H24N2O2.ClH/c17-15-9-2-1-8(5-9)14(15)16(19)18-6-10-11(7-18)13-4-3-12(10)20-13;/h8-15H,1-7,17H2;1H. The summed E-state index contributed by atoms with van der Waals surface area (Å²) < 4.78 is 6.00. The Hall–Kier alpha value is -0.320. The molecule has 0 aromatic carbocycles. The van der Waals surface area contributed by atoms with Crippen molar-refractivity contribution in [1.82, 2.24) is 4.90 Å². The fourth-order valence-electron chi connectivity index (χ4n) is 6.05. The van der Waals surface area contributed by atoms with E-state index in [-0.39, 0.29) is 24.4 Å². The molecular weight excluding hydrogens is 288 g/mol. The van der Waals surface area contributed by atoms with Gasteiger partial charge in [-0.1, -0.05) is 0 Å². The Balaban J connectivity index is 0.00000115. The van der Waals surface area contributed by atoms with Crippen LogP contribution in [0.1, 0.15) is 32.1 Å². The van der Waals surface area contributed by atoms with Crippen molar-refractivity contribution < 1.29 is 9.53 Å². The van der Waals surface area contributed by atoms with Gasteiger partial charge in [0.2, 0.25) is 5.91 Å². The van der Waals surface area contributed by atoms with E-state index in [4.69, 9.17) is 10.5 Å². The number of hydrogen-bond acceptors (Lipinski definition) is 3. The summed E-state index contributed by atoms with van der Waals surface area (Å²) in [6, 6.07) is 0.134. The van der Waals surface area contributed by atoms with Gasteiger partial charge in [-0.15, -0.1) is 12.4 Å². The van der Waals surface area contributed by atoms with E-state index in [1.54, 1.807) is 0 Å². The maximum Gasteiger partial charge on any atom is 0.227 e. The Morgan fingerprint density at radius 1 is 1.00 bits per heavy atom. The van der Waals surface area contributed by atoms with E-state index >= 15 is 0 Å². The fraction of sp³-hybridized carbons (Fsp3) is 0.938. The molecule has 0 aromatic rings. The monoisotopic (exact) mass is 312 g/mol. The van der Waals surface area contributed by atoms with Crippen molar-refractivity contribution in [1.29, 1.82) is 0 Å². The van der Waals surface area contributed by atoms with E-state index in [1.165, 1.54) is 32.1 Å². The van der Waals surface area contributed by atoms with Gasteiger partial charge in [0.15, 0.2) is 0 Å². The highest BCUT2D eigenvalue weighted by Gasteiger charge is 2.56. The Labute approximate surface area is 132 Å². The molecule has 4 nitrogen and oxygen atoms in total. The van der Waals surface area contributed by atoms with Crippen LogP contribution >= 0.6 is 12.4 Å². The van der Waals surface area contributed by atoms with Crippen LogP contribution in [0.25, 0.3) is 0 Å². The molecule has 5 rings (SSSR count). The first-order valence-corrected chi connectivity index (χ1v) is 8.42. The average Bonchev–Trinajstić information content (AvgIpc) is 3.21. The second-order valence-corrected chi connectivity index (χ2v) is 7.80. The van der Waals surface area contributed by atoms with Gasteiger partial charge in [-0.2, -0.15) is 0 Å². The molecule has 21 heavy (non-hydrogen) atoms. The number of carbonyl (C=O) groups is 1. The highest BCUT2D eigenvalue weighted by Crippen LogP contribution is 2.51. The van der Waals surface area contributed by atoms with E-state index in [1.807, 2.05) is 0 Å². The van der Waals surface area contributed by atoms with Crippen LogP contribution in [-0.2, 0) is 9.53 Å². The Bertz CT molecular complexity index is 440. The number of halogens is 1. The lowest BCUT2D eigenvalue weighted by atomic mass is 9.82. The zero-order valence-electron chi connectivity index (χ0n) is 12.3. The van der Waals surface area contributed by atoms with E-state index in [2.05, 4.69) is 4.90 Å². The van der Waals surface area contributed by atoms with Gasteiger partial charge in [0.25, 0.3) is 0 Å². The molecule has 1 amide bonds. The number of nitrogens with zero attached hydrogens (tertiary/aromatic N) is 1. The first kappa shape index (κ1) is 14.3. The molecule has 3 heterocycles. The van der Waals surface area contributed by atoms with Gasteiger partial charge in [-0.3, -0.25) is 4.79 Å². The van der Waals surface area contributed by atoms with Crippen LogP contribution in [0.3, 0.4) is 0 Å². The second kappa shape index (κ2) is 4.84. The normalized spacial score (nSPS) is 53.1. The summed E-state index contributed by atoms with van der Waals surface area (Å²) in [4.78, 5) is 15.1. The quantitative estimate of drug-likeness (QED) is 0.796. The lowest BCUT2D eigenvalue weighted by Gasteiger charge is -2.31. The van der Waals surface area contributed by atoms with Crippen LogP contribution in [0.2, 0.25) is 0 Å². The van der Waals surface area contributed by atoms with Crippen LogP contribution in [0.15, 0.2) is 0 Å². The Kier molecular flexibility index (Phi) is 3.29. The summed E-state index contributed by atoms with van der Waals surface area (Å²) in [6.45, 7) is 1.87. The molecule has 3 aliphatic heterocycles. The average molecular weight is 313 g/mol. The molecular formula is C16H25ClN2O2. The minimum absolute atomic E-state index is 0. The predicted octanol–water partition coefficient (Wildman–Crippen LogP) is 1.42. The largest absolute Gasteiger partial charge is 0.374 e. The molecule has 4 bridgehead atoms. The van der Waals surface area contributed by atoms with Gasteiger partial charge in [0, 0.05) is 31.0 Å². The molecule has 0 radical (unpaired) electrons. The number of hydrogen-bond donors (Lipinski definition) is 1. The number of carbonyl (C=O) groups excluding carboxylic acids is 1. The number of rotatable bonds is 1. The van der Waals surface area contributed by atoms with Crippen molar-refractivity contribution >= 4 is 18.3 Å². The summed E-state index contributed by atoms with van der Waals surface area (Å²) >= 11 is 0. The first-order valence-electron chi connectivity index (χ1n) is 8.42. The second-order valence-electron chi connectivity index (χ2n) is 7.80.